The average molecular weight is 265 g/mol. The van der Waals surface area contributed by atoms with Gasteiger partial charge < -0.3 is 10.5 Å². The number of amides is 2. The van der Waals surface area contributed by atoms with Crippen LogP contribution in [0.1, 0.15) is 36.0 Å². The highest BCUT2D eigenvalue weighted by atomic mass is 16.5. The van der Waals surface area contributed by atoms with Crippen LogP contribution in [-0.4, -0.2) is 18.4 Å². The number of carbonyl (C=O) groups excluding carboxylic acids is 2. The molecule has 0 aliphatic heterocycles. The van der Waals surface area contributed by atoms with E-state index in [1.54, 1.807) is 24.3 Å². The monoisotopic (exact) mass is 265 g/mol. The van der Waals surface area contributed by atoms with E-state index in [1.165, 1.54) is 0 Å². The molecule has 1 aromatic carbocycles. The smallest absolute Gasteiger partial charge is 0.252 e. The lowest BCUT2D eigenvalue weighted by molar-refractivity contribution is -0.121. The van der Waals surface area contributed by atoms with Gasteiger partial charge in [-0.3, -0.25) is 15.0 Å². The molecule has 0 spiro atoms. The summed E-state index contributed by atoms with van der Waals surface area (Å²) in [5.74, 6) is 4.79. The van der Waals surface area contributed by atoms with E-state index in [-0.39, 0.29) is 5.91 Å². The molecule has 0 radical (unpaired) electrons. The summed E-state index contributed by atoms with van der Waals surface area (Å²) in [6.45, 7) is 0.481. The van der Waals surface area contributed by atoms with E-state index in [4.69, 9.17) is 16.3 Å². The van der Waals surface area contributed by atoms with Crippen LogP contribution in [0.15, 0.2) is 24.3 Å². The number of para-hydroxylation sites is 1. The highest BCUT2D eigenvalue weighted by Gasteiger charge is 2.07. The molecule has 0 bridgehead atoms. The number of ether oxygens (including phenoxy) is 1. The number of benzene rings is 1. The van der Waals surface area contributed by atoms with Crippen LogP contribution in [0.3, 0.4) is 0 Å². The Bertz CT molecular complexity index is 435. The summed E-state index contributed by atoms with van der Waals surface area (Å²) in [4.78, 5) is 22.0. The Balaban J connectivity index is 2.26. The third kappa shape index (κ3) is 5.39. The van der Waals surface area contributed by atoms with Crippen molar-refractivity contribution in [2.75, 3.05) is 6.61 Å². The molecule has 0 unspecified atom stereocenters. The lowest BCUT2D eigenvalue weighted by atomic mass is 10.2. The van der Waals surface area contributed by atoms with Crippen molar-refractivity contribution in [3.8, 4) is 5.75 Å². The van der Waals surface area contributed by atoms with Crippen molar-refractivity contribution < 1.29 is 14.3 Å². The van der Waals surface area contributed by atoms with Gasteiger partial charge in [0.2, 0.25) is 5.91 Å². The Morgan fingerprint density at radius 1 is 1.16 bits per heavy atom. The Labute approximate surface area is 112 Å². The number of nitrogens with two attached hydrogens (primary N) is 2. The first kappa shape index (κ1) is 15.0. The second-order valence-corrected chi connectivity index (χ2v) is 4.09. The van der Waals surface area contributed by atoms with Gasteiger partial charge in [0.05, 0.1) is 12.2 Å². The standard InChI is InChI=1S/C13H19N3O3/c14-13(18)10-6-3-4-7-11(10)19-9-5-1-2-8-12(17)16-15/h3-4,6-7H,1-2,5,8-9,15H2,(H2,14,18)(H,16,17). The van der Waals surface area contributed by atoms with E-state index < -0.39 is 5.91 Å². The summed E-state index contributed by atoms with van der Waals surface area (Å²) >= 11 is 0. The molecule has 0 aliphatic carbocycles. The zero-order valence-corrected chi connectivity index (χ0v) is 10.7. The zero-order valence-electron chi connectivity index (χ0n) is 10.7. The molecule has 0 heterocycles. The quantitative estimate of drug-likeness (QED) is 0.278. The highest BCUT2D eigenvalue weighted by molar-refractivity contribution is 5.95. The first-order valence-corrected chi connectivity index (χ1v) is 6.16. The van der Waals surface area contributed by atoms with Crippen LogP contribution in [0.5, 0.6) is 5.75 Å². The van der Waals surface area contributed by atoms with Gasteiger partial charge in [-0.05, 0) is 31.4 Å². The van der Waals surface area contributed by atoms with Crippen molar-refractivity contribution in [3.05, 3.63) is 29.8 Å². The molecule has 1 rings (SSSR count). The van der Waals surface area contributed by atoms with E-state index in [0.29, 0.717) is 24.3 Å². The third-order valence-corrected chi connectivity index (χ3v) is 2.62. The summed E-state index contributed by atoms with van der Waals surface area (Å²) in [5.41, 5.74) is 7.70. The van der Waals surface area contributed by atoms with Crippen LogP contribution < -0.4 is 21.7 Å². The summed E-state index contributed by atoms with van der Waals surface area (Å²) in [7, 11) is 0. The Morgan fingerprint density at radius 3 is 2.58 bits per heavy atom. The fraction of sp³-hybridized carbons (Fsp3) is 0.385. The fourth-order valence-corrected chi connectivity index (χ4v) is 1.61. The number of hydrogen-bond donors (Lipinski definition) is 3. The topological polar surface area (TPSA) is 107 Å². The van der Waals surface area contributed by atoms with Crippen molar-refractivity contribution >= 4 is 11.8 Å². The first-order valence-electron chi connectivity index (χ1n) is 6.16. The van der Waals surface area contributed by atoms with Gasteiger partial charge in [0.25, 0.3) is 5.91 Å². The number of nitrogens with one attached hydrogen (secondary N) is 1. The van der Waals surface area contributed by atoms with Gasteiger partial charge in [-0.15, -0.1) is 0 Å². The second-order valence-electron chi connectivity index (χ2n) is 4.09. The molecule has 1 aromatic rings. The third-order valence-electron chi connectivity index (χ3n) is 2.62. The van der Waals surface area contributed by atoms with E-state index >= 15 is 0 Å². The molecule has 2 amide bonds. The molecule has 0 saturated heterocycles. The van der Waals surface area contributed by atoms with Gasteiger partial charge in [0.1, 0.15) is 5.75 Å². The van der Waals surface area contributed by atoms with E-state index in [2.05, 4.69) is 5.43 Å². The van der Waals surface area contributed by atoms with Crippen LogP contribution in [0.25, 0.3) is 0 Å². The van der Waals surface area contributed by atoms with Crippen molar-refractivity contribution in [1.29, 1.82) is 0 Å². The zero-order chi connectivity index (χ0) is 14.1. The summed E-state index contributed by atoms with van der Waals surface area (Å²) in [6, 6.07) is 6.86. The minimum Gasteiger partial charge on any atom is -0.493 e. The molecule has 0 aromatic heterocycles. The summed E-state index contributed by atoms with van der Waals surface area (Å²) in [6.07, 6.45) is 2.81. The lowest BCUT2D eigenvalue weighted by Gasteiger charge is -2.09. The largest absolute Gasteiger partial charge is 0.493 e. The minimum absolute atomic E-state index is 0.167. The number of unbranched alkanes of at least 4 members (excludes halogenated alkanes) is 2. The van der Waals surface area contributed by atoms with Crippen molar-refractivity contribution in [2.45, 2.75) is 25.7 Å². The Hall–Kier alpha value is -2.08. The average Bonchev–Trinajstić information content (AvgIpc) is 2.42. The molecule has 0 saturated carbocycles. The van der Waals surface area contributed by atoms with Crippen LogP contribution >= 0.6 is 0 Å². The maximum Gasteiger partial charge on any atom is 0.252 e. The molecule has 6 nitrogen and oxygen atoms in total. The van der Waals surface area contributed by atoms with Crippen LogP contribution in [0, 0.1) is 0 Å². The van der Waals surface area contributed by atoms with E-state index in [0.717, 1.165) is 19.3 Å². The van der Waals surface area contributed by atoms with Gasteiger partial charge in [-0.25, -0.2) is 5.84 Å². The van der Waals surface area contributed by atoms with Crippen molar-refractivity contribution in [1.82, 2.24) is 5.43 Å². The molecule has 0 fully saturated rings. The minimum atomic E-state index is -0.504. The van der Waals surface area contributed by atoms with Gasteiger partial charge in [0, 0.05) is 6.42 Å². The molecule has 19 heavy (non-hydrogen) atoms. The number of hydrazine groups is 1. The number of rotatable bonds is 8. The Kier molecular flexibility index (Phi) is 6.38. The first-order chi connectivity index (χ1) is 9.15. The van der Waals surface area contributed by atoms with E-state index in [1.807, 2.05) is 0 Å². The normalized spacial score (nSPS) is 9.95. The molecule has 0 atom stereocenters. The summed E-state index contributed by atoms with van der Waals surface area (Å²) < 4.78 is 5.51. The molecular weight excluding hydrogens is 246 g/mol. The Morgan fingerprint density at radius 2 is 1.89 bits per heavy atom. The predicted octanol–water partition coefficient (Wildman–Crippen LogP) is 0.715. The maximum absolute atomic E-state index is 11.2. The second kappa shape index (κ2) is 8.10. The fourth-order valence-electron chi connectivity index (χ4n) is 1.61. The van der Waals surface area contributed by atoms with Gasteiger partial charge in [-0.2, -0.15) is 0 Å². The SMILES string of the molecule is NNC(=O)CCCCCOc1ccccc1C(N)=O. The number of primary amides is 1. The van der Waals surface area contributed by atoms with Crippen LogP contribution in [-0.2, 0) is 4.79 Å². The maximum atomic E-state index is 11.2. The van der Waals surface area contributed by atoms with Gasteiger partial charge in [0.15, 0.2) is 0 Å². The number of carbonyl (C=O) groups is 2. The number of hydrogen-bond acceptors (Lipinski definition) is 4. The molecule has 104 valence electrons. The van der Waals surface area contributed by atoms with Gasteiger partial charge >= 0.3 is 0 Å². The summed E-state index contributed by atoms with van der Waals surface area (Å²) in [5, 5.41) is 0. The van der Waals surface area contributed by atoms with Crippen molar-refractivity contribution in [2.24, 2.45) is 11.6 Å². The van der Waals surface area contributed by atoms with Gasteiger partial charge in [-0.1, -0.05) is 12.1 Å². The van der Waals surface area contributed by atoms with E-state index in [9.17, 15) is 9.59 Å². The predicted molar refractivity (Wildman–Crippen MR) is 71.3 cm³/mol. The molecule has 5 N–H and O–H groups in total. The molecule has 6 heteroatoms. The molecule has 0 aliphatic rings. The van der Waals surface area contributed by atoms with Crippen molar-refractivity contribution in [3.63, 3.8) is 0 Å². The van der Waals surface area contributed by atoms with Crippen LogP contribution in [0.2, 0.25) is 0 Å². The van der Waals surface area contributed by atoms with Crippen LogP contribution in [0.4, 0.5) is 0 Å². The lowest BCUT2D eigenvalue weighted by Crippen LogP contribution is -2.29. The highest BCUT2D eigenvalue weighted by Crippen LogP contribution is 2.17. The molecular formula is C13H19N3O3.